The van der Waals surface area contributed by atoms with Crippen LogP contribution in [-0.4, -0.2) is 73.7 Å². The molecule has 0 bridgehead atoms. The number of ether oxygens (including phenoxy) is 4. The number of amides is 1. The number of hydroxylamine groups is 1. The van der Waals surface area contributed by atoms with Crippen LogP contribution in [0.25, 0.3) is 0 Å². The second kappa shape index (κ2) is 9.74. The molecule has 1 aromatic carbocycles. The Kier molecular flexibility index (Phi) is 7.44. The molecular weight excluding hydrogens is 440 g/mol. The third-order valence-corrected chi connectivity index (χ3v) is 7.04. The first-order chi connectivity index (χ1) is 15.1. The van der Waals surface area contributed by atoms with Crippen LogP contribution in [0, 0.1) is 11.8 Å². The fourth-order valence-electron chi connectivity index (χ4n) is 3.92. The highest BCUT2D eigenvalue weighted by Gasteiger charge is 2.58. The molecule has 4 atom stereocenters. The van der Waals surface area contributed by atoms with Gasteiger partial charge in [-0.1, -0.05) is 5.92 Å². The van der Waals surface area contributed by atoms with Crippen molar-refractivity contribution in [3.05, 3.63) is 24.3 Å². The van der Waals surface area contributed by atoms with Crippen LogP contribution in [0.1, 0.15) is 27.7 Å². The number of rotatable bonds is 7. The number of hydrogen-bond donors (Lipinski definition) is 2. The Labute approximate surface area is 187 Å². The van der Waals surface area contributed by atoms with Gasteiger partial charge in [0.2, 0.25) is 10.0 Å². The quantitative estimate of drug-likeness (QED) is 0.344. The van der Waals surface area contributed by atoms with Crippen molar-refractivity contribution in [1.82, 2.24) is 9.79 Å². The minimum atomic E-state index is -4.17. The van der Waals surface area contributed by atoms with E-state index in [0.29, 0.717) is 5.75 Å². The van der Waals surface area contributed by atoms with Crippen LogP contribution in [0.15, 0.2) is 29.2 Å². The lowest BCUT2D eigenvalue weighted by Crippen LogP contribution is -2.66. The number of sulfonamides is 1. The summed E-state index contributed by atoms with van der Waals surface area (Å²) < 4.78 is 51.0. The summed E-state index contributed by atoms with van der Waals surface area (Å²) in [5.74, 6) is 4.02. The number of piperidine rings is 1. The van der Waals surface area contributed by atoms with Crippen molar-refractivity contribution >= 4 is 15.9 Å². The lowest BCUT2D eigenvalue weighted by molar-refractivity contribution is -0.165. The second-order valence-electron chi connectivity index (χ2n) is 7.74. The van der Waals surface area contributed by atoms with E-state index in [9.17, 15) is 18.4 Å². The average molecular weight is 469 g/mol. The summed E-state index contributed by atoms with van der Waals surface area (Å²) >= 11 is 0. The van der Waals surface area contributed by atoms with E-state index in [-0.39, 0.29) is 24.7 Å². The van der Waals surface area contributed by atoms with Gasteiger partial charge in [0.1, 0.15) is 36.7 Å². The van der Waals surface area contributed by atoms with Crippen LogP contribution in [0.4, 0.5) is 0 Å². The SMILES string of the molecule is CC#CCOc1ccc(S(=O)(=O)N2C[C@@H]3OC(C)(C)O[C@@H]3[C@@H](OCC)[C@@H]2C(=O)NO)cc1. The number of carbonyl (C=O) groups excluding carboxylic acids is 1. The molecule has 2 aliphatic heterocycles. The van der Waals surface area contributed by atoms with Gasteiger partial charge in [0.05, 0.1) is 4.90 Å². The van der Waals surface area contributed by atoms with Crippen molar-refractivity contribution < 1.29 is 37.4 Å². The van der Waals surface area contributed by atoms with E-state index in [2.05, 4.69) is 11.8 Å². The maximum absolute atomic E-state index is 13.5. The molecule has 2 saturated heterocycles. The summed E-state index contributed by atoms with van der Waals surface area (Å²) in [6.07, 6.45) is -2.33. The summed E-state index contributed by atoms with van der Waals surface area (Å²) in [6.45, 7) is 7.05. The molecule has 32 heavy (non-hydrogen) atoms. The first-order valence-corrected chi connectivity index (χ1v) is 11.6. The lowest BCUT2D eigenvalue weighted by atomic mass is 9.95. The molecule has 1 amide bonds. The topological polar surface area (TPSA) is 124 Å². The summed E-state index contributed by atoms with van der Waals surface area (Å²) in [5, 5.41) is 9.33. The molecule has 0 spiro atoms. The maximum Gasteiger partial charge on any atom is 0.264 e. The zero-order valence-electron chi connectivity index (χ0n) is 18.4. The van der Waals surface area contributed by atoms with Crippen LogP contribution in [0.2, 0.25) is 0 Å². The Morgan fingerprint density at radius 2 is 2.00 bits per heavy atom. The molecule has 2 heterocycles. The van der Waals surface area contributed by atoms with E-state index in [4.69, 9.17) is 18.9 Å². The molecule has 0 unspecified atom stereocenters. The van der Waals surface area contributed by atoms with E-state index < -0.39 is 46.1 Å². The van der Waals surface area contributed by atoms with Gasteiger partial charge >= 0.3 is 0 Å². The van der Waals surface area contributed by atoms with E-state index in [1.165, 1.54) is 24.3 Å². The average Bonchev–Trinajstić information content (AvgIpc) is 3.07. The predicted octanol–water partition coefficient (Wildman–Crippen LogP) is 0.892. The fraction of sp³-hybridized carbons (Fsp3) is 0.571. The van der Waals surface area contributed by atoms with Crippen LogP contribution in [0.3, 0.4) is 0 Å². The van der Waals surface area contributed by atoms with Gasteiger partial charge in [-0.25, -0.2) is 13.9 Å². The van der Waals surface area contributed by atoms with Crippen molar-refractivity contribution in [2.75, 3.05) is 19.8 Å². The largest absolute Gasteiger partial charge is 0.481 e. The normalized spacial score (nSPS) is 27.2. The highest BCUT2D eigenvalue weighted by molar-refractivity contribution is 7.89. The van der Waals surface area contributed by atoms with Gasteiger partial charge in [0, 0.05) is 13.2 Å². The zero-order chi connectivity index (χ0) is 23.5. The summed E-state index contributed by atoms with van der Waals surface area (Å²) in [7, 11) is -4.17. The van der Waals surface area contributed by atoms with Crippen molar-refractivity contribution in [2.24, 2.45) is 0 Å². The number of fused-ring (bicyclic) bond motifs is 1. The van der Waals surface area contributed by atoms with Gasteiger partial charge in [0.15, 0.2) is 5.79 Å². The molecule has 176 valence electrons. The van der Waals surface area contributed by atoms with E-state index in [0.717, 1.165) is 4.31 Å². The molecule has 0 radical (unpaired) electrons. The Bertz CT molecular complexity index is 983. The highest BCUT2D eigenvalue weighted by atomic mass is 32.2. The van der Waals surface area contributed by atoms with Gasteiger partial charge in [-0.05, 0) is 52.0 Å². The number of carbonyl (C=O) groups is 1. The highest BCUT2D eigenvalue weighted by Crippen LogP contribution is 2.39. The number of nitrogens with zero attached hydrogens (tertiary/aromatic N) is 1. The van der Waals surface area contributed by atoms with E-state index in [1.807, 2.05) is 0 Å². The summed E-state index contributed by atoms with van der Waals surface area (Å²) in [5.41, 5.74) is 1.56. The summed E-state index contributed by atoms with van der Waals surface area (Å²) in [6, 6.07) is 4.43. The lowest BCUT2D eigenvalue weighted by Gasteiger charge is -2.42. The number of benzene rings is 1. The Morgan fingerprint density at radius 1 is 1.31 bits per heavy atom. The molecule has 0 saturated carbocycles. The molecule has 2 N–H and O–H groups in total. The zero-order valence-corrected chi connectivity index (χ0v) is 19.2. The Hall–Kier alpha value is -2.20. The predicted molar refractivity (Wildman–Crippen MR) is 112 cm³/mol. The number of hydrogen-bond acceptors (Lipinski definition) is 8. The molecule has 1 aromatic rings. The Morgan fingerprint density at radius 3 is 2.59 bits per heavy atom. The molecule has 2 fully saturated rings. The van der Waals surface area contributed by atoms with Gasteiger partial charge in [-0.2, -0.15) is 4.31 Å². The maximum atomic E-state index is 13.5. The molecule has 0 aliphatic carbocycles. The Balaban J connectivity index is 1.96. The van der Waals surface area contributed by atoms with Gasteiger partial charge in [-0.3, -0.25) is 10.0 Å². The van der Waals surface area contributed by atoms with Crippen molar-refractivity contribution in [3.8, 4) is 17.6 Å². The first kappa shape index (κ1) is 24.4. The van der Waals surface area contributed by atoms with Crippen LogP contribution >= 0.6 is 0 Å². The van der Waals surface area contributed by atoms with Gasteiger partial charge < -0.3 is 18.9 Å². The third-order valence-electron chi connectivity index (χ3n) is 5.18. The third kappa shape index (κ3) is 4.91. The molecule has 3 rings (SSSR count). The van der Waals surface area contributed by atoms with Crippen molar-refractivity contribution in [1.29, 1.82) is 0 Å². The molecule has 0 aromatic heterocycles. The van der Waals surface area contributed by atoms with Gasteiger partial charge in [-0.15, -0.1) is 5.92 Å². The first-order valence-electron chi connectivity index (χ1n) is 10.2. The van der Waals surface area contributed by atoms with Crippen LogP contribution in [0.5, 0.6) is 5.75 Å². The smallest absolute Gasteiger partial charge is 0.264 e. The van der Waals surface area contributed by atoms with E-state index in [1.54, 1.807) is 33.2 Å². The van der Waals surface area contributed by atoms with Crippen LogP contribution < -0.4 is 10.2 Å². The monoisotopic (exact) mass is 468 g/mol. The minimum absolute atomic E-state index is 0.0472. The van der Waals surface area contributed by atoms with Crippen molar-refractivity contribution in [2.45, 2.75) is 62.7 Å². The molecule has 10 nitrogen and oxygen atoms in total. The molecule has 11 heteroatoms. The second-order valence-corrected chi connectivity index (χ2v) is 9.63. The number of nitrogens with one attached hydrogen (secondary N) is 1. The molecular formula is C21H28N2O8S. The van der Waals surface area contributed by atoms with Crippen molar-refractivity contribution in [3.63, 3.8) is 0 Å². The standard InChI is InChI=1S/C21H28N2O8S/c1-5-7-12-29-14-8-10-15(11-9-14)32(26,27)23-13-16-18(31-21(3,4)30-16)19(28-6-2)17(23)20(24)22-25/h8-11,16-19,25H,6,12-13H2,1-4H3,(H,22,24)/t16-,17+,18-,19-/m0/s1. The van der Waals surface area contributed by atoms with Gasteiger partial charge in [0.25, 0.3) is 5.91 Å². The molecule has 2 aliphatic rings. The minimum Gasteiger partial charge on any atom is -0.481 e. The summed E-state index contributed by atoms with van der Waals surface area (Å²) in [4.78, 5) is 12.6. The van der Waals surface area contributed by atoms with E-state index >= 15 is 0 Å². The van der Waals surface area contributed by atoms with Crippen LogP contribution in [-0.2, 0) is 29.0 Å². The fourth-order valence-corrected chi connectivity index (χ4v) is 5.53.